The van der Waals surface area contributed by atoms with E-state index in [1.54, 1.807) is 0 Å². The zero-order valence-electron chi connectivity index (χ0n) is 10.6. The number of likely N-dealkylation sites (tertiary alicyclic amines) is 1. The topological polar surface area (TPSA) is 44.8 Å². The Bertz CT molecular complexity index is 285. The van der Waals surface area contributed by atoms with Gasteiger partial charge in [-0.1, -0.05) is 0 Å². The van der Waals surface area contributed by atoms with Crippen molar-refractivity contribution < 1.29 is 9.53 Å². The molecule has 1 amide bonds. The second kappa shape index (κ2) is 6.19. The fraction of sp³-hybridized carbons (Fsp3) is 0.917. The summed E-state index contributed by atoms with van der Waals surface area (Å²) in [7, 11) is 0. The zero-order chi connectivity index (χ0) is 11.7. The molecule has 3 rings (SSSR count). The molecule has 0 unspecified atom stereocenters. The lowest BCUT2D eigenvalue weighted by Gasteiger charge is -2.28. The van der Waals surface area contributed by atoms with E-state index in [9.17, 15) is 4.79 Å². The molecule has 0 aromatic carbocycles. The Morgan fingerprint density at radius 1 is 1.17 bits per heavy atom. The minimum atomic E-state index is 0. The SMILES string of the molecule is Cl.O=C(CN1C[C@H]2CNC[C@H]2C1)N1CCOCC1. The molecular weight excluding hydrogens is 254 g/mol. The van der Waals surface area contributed by atoms with Crippen LogP contribution < -0.4 is 5.32 Å². The van der Waals surface area contributed by atoms with E-state index in [4.69, 9.17) is 4.74 Å². The summed E-state index contributed by atoms with van der Waals surface area (Å²) in [5.74, 6) is 1.82. The van der Waals surface area contributed by atoms with Crippen molar-refractivity contribution in [2.45, 2.75) is 0 Å². The molecule has 0 aliphatic carbocycles. The van der Waals surface area contributed by atoms with Crippen molar-refractivity contribution >= 4 is 18.3 Å². The van der Waals surface area contributed by atoms with E-state index in [0.29, 0.717) is 19.8 Å². The Morgan fingerprint density at radius 3 is 2.39 bits per heavy atom. The van der Waals surface area contributed by atoms with Gasteiger partial charge in [0.25, 0.3) is 0 Å². The lowest BCUT2D eigenvalue weighted by molar-refractivity contribution is -0.136. The Hall–Kier alpha value is -0.360. The number of amides is 1. The smallest absolute Gasteiger partial charge is 0.236 e. The summed E-state index contributed by atoms with van der Waals surface area (Å²) in [6.07, 6.45) is 0. The number of nitrogens with one attached hydrogen (secondary N) is 1. The number of nitrogens with zero attached hydrogens (tertiary/aromatic N) is 2. The monoisotopic (exact) mass is 275 g/mol. The first-order valence-corrected chi connectivity index (χ1v) is 6.61. The largest absolute Gasteiger partial charge is 0.378 e. The molecular formula is C12H22ClN3O2. The molecule has 5 nitrogen and oxygen atoms in total. The highest BCUT2D eigenvalue weighted by molar-refractivity contribution is 5.85. The molecule has 3 saturated heterocycles. The first-order valence-electron chi connectivity index (χ1n) is 6.61. The maximum Gasteiger partial charge on any atom is 0.236 e. The molecule has 3 heterocycles. The van der Waals surface area contributed by atoms with Crippen LogP contribution in [0.3, 0.4) is 0 Å². The summed E-state index contributed by atoms with van der Waals surface area (Å²) in [5.41, 5.74) is 0. The Kier molecular flexibility index (Phi) is 4.84. The number of carbonyl (C=O) groups excluding carboxylic acids is 1. The molecule has 6 heteroatoms. The van der Waals surface area contributed by atoms with E-state index < -0.39 is 0 Å². The van der Waals surface area contributed by atoms with Crippen molar-refractivity contribution in [1.29, 1.82) is 0 Å². The van der Waals surface area contributed by atoms with Crippen molar-refractivity contribution in [3.8, 4) is 0 Å². The predicted molar refractivity (Wildman–Crippen MR) is 70.9 cm³/mol. The van der Waals surface area contributed by atoms with Gasteiger partial charge < -0.3 is 15.0 Å². The quantitative estimate of drug-likeness (QED) is 0.732. The van der Waals surface area contributed by atoms with E-state index in [2.05, 4.69) is 10.2 Å². The lowest BCUT2D eigenvalue weighted by atomic mass is 10.0. The fourth-order valence-corrected chi connectivity index (χ4v) is 3.19. The van der Waals surface area contributed by atoms with Crippen molar-refractivity contribution in [3.05, 3.63) is 0 Å². The molecule has 0 radical (unpaired) electrons. The number of hydrogen-bond donors (Lipinski definition) is 1. The number of fused-ring (bicyclic) bond motifs is 1. The zero-order valence-corrected chi connectivity index (χ0v) is 11.5. The van der Waals surface area contributed by atoms with Gasteiger partial charge in [0.1, 0.15) is 0 Å². The van der Waals surface area contributed by atoms with Gasteiger partial charge >= 0.3 is 0 Å². The second-order valence-electron chi connectivity index (χ2n) is 5.37. The molecule has 0 bridgehead atoms. The van der Waals surface area contributed by atoms with E-state index >= 15 is 0 Å². The number of rotatable bonds is 2. The third kappa shape index (κ3) is 2.96. The van der Waals surface area contributed by atoms with Crippen LogP contribution in [0.2, 0.25) is 0 Å². The van der Waals surface area contributed by atoms with E-state index in [1.165, 1.54) is 0 Å². The summed E-state index contributed by atoms with van der Waals surface area (Å²) in [5, 5.41) is 3.42. The lowest BCUT2D eigenvalue weighted by Crippen LogP contribution is -2.45. The first kappa shape index (κ1) is 14.1. The van der Waals surface area contributed by atoms with Crippen molar-refractivity contribution in [2.75, 3.05) is 59.0 Å². The summed E-state index contributed by atoms with van der Waals surface area (Å²) in [6.45, 7) is 7.97. The Labute approximate surface area is 114 Å². The molecule has 0 saturated carbocycles. The normalized spacial score (nSPS) is 32.1. The van der Waals surface area contributed by atoms with Gasteiger partial charge in [-0.05, 0) is 24.9 Å². The predicted octanol–water partition coefficient (Wildman–Crippen LogP) is -0.582. The summed E-state index contributed by atoms with van der Waals surface area (Å²) >= 11 is 0. The minimum Gasteiger partial charge on any atom is -0.378 e. The maximum absolute atomic E-state index is 12.1. The van der Waals surface area contributed by atoms with Crippen LogP contribution in [0.25, 0.3) is 0 Å². The number of carbonyl (C=O) groups is 1. The standard InChI is InChI=1S/C12H21N3O2.ClH/c16-12(15-1-3-17-4-2-15)9-14-7-10-5-13-6-11(10)8-14;/h10-11,13H,1-9H2;1H/t10-,11+;. The van der Waals surface area contributed by atoms with Crippen molar-refractivity contribution in [1.82, 2.24) is 15.1 Å². The second-order valence-corrected chi connectivity index (χ2v) is 5.37. The summed E-state index contributed by atoms with van der Waals surface area (Å²) in [6, 6.07) is 0. The molecule has 3 aliphatic rings. The van der Waals surface area contributed by atoms with Crippen molar-refractivity contribution in [3.63, 3.8) is 0 Å². The average molecular weight is 276 g/mol. The van der Waals surface area contributed by atoms with E-state index in [0.717, 1.165) is 51.1 Å². The van der Waals surface area contributed by atoms with Gasteiger partial charge in [0.2, 0.25) is 5.91 Å². The van der Waals surface area contributed by atoms with Gasteiger partial charge in [-0.25, -0.2) is 0 Å². The average Bonchev–Trinajstić information content (AvgIpc) is 2.90. The van der Waals surface area contributed by atoms with Gasteiger partial charge in [0.15, 0.2) is 0 Å². The van der Waals surface area contributed by atoms with Gasteiger partial charge in [-0.2, -0.15) is 0 Å². The maximum atomic E-state index is 12.1. The molecule has 0 spiro atoms. The van der Waals surface area contributed by atoms with Gasteiger partial charge in [-0.3, -0.25) is 9.69 Å². The van der Waals surface area contributed by atoms with E-state index in [-0.39, 0.29) is 18.3 Å². The van der Waals surface area contributed by atoms with Crippen LogP contribution in [-0.2, 0) is 9.53 Å². The number of morpholine rings is 1. The summed E-state index contributed by atoms with van der Waals surface area (Å²) < 4.78 is 5.26. The fourth-order valence-electron chi connectivity index (χ4n) is 3.19. The Balaban J connectivity index is 0.00000120. The van der Waals surface area contributed by atoms with Gasteiger partial charge in [0.05, 0.1) is 19.8 Å². The van der Waals surface area contributed by atoms with E-state index in [1.807, 2.05) is 4.90 Å². The van der Waals surface area contributed by atoms with Crippen LogP contribution in [0.1, 0.15) is 0 Å². The van der Waals surface area contributed by atoms with Crippen LogP contribution >= 0.6 is 12.4 Å². The van der Waals surface area contributed by atoms with Crippen LogP contribution in [0.5, 0.6) is 0 Å². The highest BCUT2D eigenvalue weighted by atomic mass is 35.5. The number of ether oxygens (including phenoxy) is 1. The van der Waals surface area contributed by atoms with Crippen LogP contribution in [-0.4, -0.2) is 74.7 Å². The molecule has 18 heavy (non-hydrogen) atoms. The molecule has 3 aliphatic heterocycles. The van der Waals surface area contributed by atoms with Gasteiger partial charge in [-0.15, -0.1) is 12.4 Å². The number of hydrogen-bond acceptors (Lipinski definition) is 4. The highest BCUT2D eigenvalue weighted by Gasteiger charge is 2.36. The minimum absolute atomic E-state index is 0. The van der Waals surface area contributed by atoms with Gasteiger partial charge in [0, 0.05) is 26.2 Å². The molecule has 0 aromatic rings. The van der Waals surface area contributed by atoms with Crippen LogP contribution in [0, 0.1) is 11.8 Å². The molecule has 3 fully saturated rings. The molecule has 1 N–H and O–H groups in total. The highest BCUT2D eigenvalue weighted by Crippen LogP contribution is 2.25. The third-order valence-corrected chi connectivity index (χ3v) is 4.19. The molecule has 0 aromatic heterocycles. The first-order chi connectivity index (χ1) is 8.33. The summed E-state index contributed by atoms with van der Waals surface area (Å²) in [4.78, 5) is 16.4. The van der Waals surface area contributed by atoms with Crippen LogP contribution in [0.15, 0.2) is 0 Å². The Morgan fingerprint density at radius 2 is 1.78 bits per heavy atom. The third-order valence-electron chi connectivity index (χ3n) is 4.19. The number of halogens is 1. The van der Waals surface area contributed by atoms with Crippen LogP contribution in [0.4, 0.5) is 0 Å². The molecule has 2 atom stereocenters. The molecule has 104 valence electrons. The van der Waals surface area contributed by atoms with Crippen molar-refractivity contribution in [2.24, 2.45) is 11.8 Å².